The first-order chi connectivity index (χ1) is 3.18. The Morgan fingerprint density at radius 2 is 2.14 bits per heavy atom. The summed E-state index contributed by atoms with van der Waals surface area (Å²) in [4.78, 5) is 0. The van der Waals surface area contributed by atoms with Crippen molar-refractivity contribution in [2.24, 2.45) is 5.73 Å². The molecule has 0 aromatic carbocycles. The van der Waals surface area contributed by atoms with Crippen LogP contribution in [0.2, 0.25) is 0 Å². The van der Waals surface area contributed by atoms with Gasteiger partial charge in [-0.3, -0.25) is 0 Å². The predicted octanol–water partition coefficient (Wildman–Crippen LogP) is -1.50. The summed E-state index contributed by atoms with van der Waals surface area (Å²) < 4.78 is 0. The molecule has 0 saturated heterocycles. The average Bonchev–Trinajstić information content (AvgIpc) is 1.65. The molecule has 2 unspecified atom stereocenters. The minimum atomic E-state index is -0.875. The van der Waals surface area contributed by atoms with Gasteiger partial charge in [0.15, 0.2) is 0 Å². The van der Waals surface area contributed by atoms with E-state index in [1.807, 2.05) is 0 Å². The van der Waals surface area contributed by atoms with Gasteiger partial charge >= 0.3 is 0 Å². The molecule has 0 heterocycles. The first kappa shape index (κ1) is 6.88. The first-order valence-corrected chi connectivity index (χ1v) is 2.06. The van der Waals surface area contributed by atoms with E-state index in [2.05, 4.69) is 6.92 Å². The van der Waals surface area contributed by atoms with Crippen molar-refractivity contribution in [3.8, 4) is 0 Å². The molecule has 0 rings (SSSR count). The van der Waals surface area contributed by atoms with E-state index in [-0.39, 0.29) is 6.61 Å². The minimum absolute atomic E-state index is 0.315. The lowest BCUT2D eigenvalue weighted by molar-refractivity contribution is 0.0849. The van der Waals surface area contributed by atoms with Crippen LogP contribution in [0, 0.1) is 6.92 Å². The lowest BCUT2D eigenvalue weighted by atomic mass is 10.2. The molecule has 1 radical (unpaired) electrons. The van der Waals surface area contributed by atoms with Gasteiger partial charge in [-0.05, 0) is 6.92 Å². The van der Waals surface area contributed by atoms with Gasteiger partial charge in [-0.1, -0.05) is 0 Å². The number of aliphatic hydroxyl groups is 2. The largest absolute Gasteiger partial charge is 0.394 e. The third-order valence-corrected chi connectivity index (χ3v) is 0.681. The second kappa shape index (κ2) is 2.96. The highest BCUT2D eigenvalue weighted by atomic mass is 16.3. The van der Waals surface area contributed by atoms with Gasteiger partial charge in [0.2, 0.25) is 0 Å². The van der Waals surface area contributed by atoms with Crippen LogP contribution >= 0.6 is 0 Å². The van der Waals surface area contributed by atoms with Crippen molar-refractivity contribution in [1.82, 2.24) is 0 Å². The summed E-state index contributed by atoms with van der Waals surface area (Å²) in [5.74, 6) is 0. The van der Waals surface area contributed by atoms with Gasteiger partial charge in [-0.25, -0.2) is 0 Å². The molecular weight excluding hydrogens is 94.0 g/mol. The second-order valence-electron chi connectivity index (χ2n) is 1.41. The summed E-state index contributed by atoms with van der Waals surface area (Å²) in [5, 5.41) is 16.6. The van der Waals surface area contributed by atoms with Crippen molar-refractivity contribution >= 4 is 0 Å². The summed E-state index contributed by atoms with van der Waals surface area (Å²) in [6.07, 6.45) is -0.875. The second-order valence-corrected chi connectivity index (χ2v) is 1.41. The van der Waals surface area contributed by atoms with Gasteiger partial charge in [0, 0.05) is 6.04 Å². The van der Waals surface area contributed by atoms with E-state index in [0.717, 1.165) is 0 Å². The van der Waals surface area contributed by atoms with Crippen LogP contribution in [-0.4, -0.2) is 29.0 Å². The number of aliphatic hydroxyl groups excluding tert-OH is 2. The first-order valence-electron chi connectivity index (χ1n) is 2.06. The van der Waals surface area contributed by atoms with Crippen LogP contribution in [0.25, 0.3) is 0 Å². The monoisotopic (exact) mass is 104 g/mol. The lowest BCUT2D eigenvalue weighted by Crippen LogP contribution is -2.34. The number of hydrogen-bond acceptors (Lipinski definition) is 3. The van der Waals surface area contributed by atoms with Crippen LogP contribution in [0.4, 0.5) is 0 Å². The Morgan fingerprint density at radius 1 is 1.71 bits per heavy atom. The quantitative estimate of drug-likeness (QED) is 0.399. The molecule has 3 heteroatoms. The molecule has 0 bridgehead atoms. The van der Waals surface area contributed by atoms with Crippen molar-refractivity contribution in [3.63, 3.8) is 0 Å². The maximum absolute atomic E-state index is 8.50. The highest BCUT2D eigenvalue weighted by molar-refractivity contribution is 4.71. The molecule has 3 nitrogen and oxygen atoms in total. The van der Waals surface area contributed by atoms with Crippen molar-refractivity contribution < 1.29 is 10.2 Å². The van der Waals surface area contributed by atoms with Gasteiger partial charge < -0.3 is 15.9 Å². The van der Waals surface area contributed by atoms with Crippen LogP contribution in [0.1, 0.15) is 0 Å². The standard InChI is InChI=1S/C4H10NO2/c1-3(5)4(7)2-6/h3-4,6-7H,1-2,5H2. The Kier molecular flexibility index (Phi) is 2.91. The molecule has 4 N–H and O–H groups in total. The summed E-state index contributed by atoms with van der Waals surface area (Å²) in [7, 11) is 0. The molecule has 0 amide bonds. The fourth-order valence-electron chi connectivity index (χ4n) is 0.135. The van der Waals surface area contributed by atoms with Crippen molar-refractivity contribution in [2.45, 2.75) is 12.1 Å². The average molecular weight is 104 g/mol. The molecule has 0 aromatic heterocycles. The van der Waals surface area contributed by atoms with Gasteiger partial charge in [0.05, 0.1) is 12.7 Å². The molecule has 0 aliphatic carbocycles. The van der Waals surface area contributed by atoms with Crippen molar-refractivity contribution in [1.29, 1.82) is 0 Å². The fourth-order valence-corrected chi connectivity index (χ4v) is 0.135. The zero-order valence-corrected chi connectivity index (χ0v) is 4.04. The molecule has 0 aliphatic heterocycles. The maximum Gasteiger partial charge on any atom is 0.0921 e. The molecular formula is C4H10NO2. The van der Waals surface area contributed by atoms with Crippen LogP contribution < -0.4 is 5.73 Å². The van der Waals surface area contributed by atoms with E-state index < -0.39 is 12.1 Å². The number of hydrogen-bond donors (Lipinski definition) is 3. The minimum Gasteiger partial charge on any atom is -0.394 e. The summed E-state index contributed by atoms with van der Waals surface area (Å²) >= 11 is 0. The van der Waals surface area contributed by atoms with E-state index in [9.17, 15) is 0 Å². The molecule has 7 heavy (non-hydrogen) atoms. The molecule has 0 fully saturated rings. The Bertz CT molecular complexity index is 47.0. The molecule has 43 valence electrons. The van der Waals surface area contributed by atoms with E-state index in [4.69, 9.17) is 15.9 Å². The van der Waals surface area contributed by atoms with Gasteiger partial charge in [-0.15, -0.1) is 0 Å². The zero-order valence-electron chi connectivity index (χ0n) is 4.04. The molecule has 0 spiro atoms. The Hall–Kier alpha value is -0.120. The predicted molar refractivity (Wildman–Crippen MR) is 26.4 cm³/mol. The Morgan fingerprint density at radius 3 is 2.14 bits per heavy atom. The summed E-state index contributed by atoms with van der Waals surface area (Å²) in [6.45, 7) is 2.96. The van der Waals surface area contributed by atoms with Gasteiger partial charge in [0.25, 0.3) is 0 Å². The summed E-state index contributed by atoms with van der Waals surface area (Å²) in [6, 6.07) is -0.579. The van der Waals surface area contributed by atoms with Gasteiger partial charge in [0.1, 0.15) is 0 Å². The highest BCUT2D eigenvalue weighted by Gasteiger charge is 2.05. The van der Waals surface area contributed by atoms with Crippen molar-refractivity contribution in [2.75, 3.05) is 6.61 Å². The Labute approximate surface area is 42.8 Å². The lowest BCUT2D eigenvalue weighted by Gasteiger charge is -2.08. The third kappa shape index (κ3) is 2.56. The zero-order chi connectivity index (χ0) is 5.86. The topological polar surface area (TPSA) is 66.5 Å². The molecule has 0 aromatic rings. The van der Waals surface area contributed by atoms with E-state index in [0.29, 0.717) is 0 Å². The normalized spacial score (nSPS) is 18.9. The smallest absolute Gasteiger partial charge is 0.0921 e. The number of nitrogens with two attached hydrogens (primary N) is 1. The molecule has 0 aliphatic rings. The van der Waals surface area contributed by atoms with Crippen LogP contribution in [0.15, 0.2) is 0 Å². The maximum atomic E-state index is 8.50. The van der Waals surface area contributed by atoms with Gasteiger partial charge in [-0.2, -0.15) is 0 Å². The molecule has 0 saturated carbocycles. The van der Waals surface area contributed by atoms with Crippen LogP contribution in [0.3, 0.4) is 0 Å². The van der Waals surface area contributed by atoms with Crippen LogP contribution in [-0.2, 0) is 0 Å². The van der Waals surface area contributed by atoms with E-state index in [1.165, 1.54) is 0 Å². The summed E-state index contributed by atoms with van der Waals surface area (Å²) in [5.41, 5.74) is 5.03. The van der Waals surface area contributed by atoms with Crippen molar-refractivity contribution in [3.05, 3.63) is 6.92 Å². The SMILES string of the molecule is [CH2]C(N)C(O)CO. The van der Waals surface area contributed by atoms with Crippen LogP contribution in [0.5, 0.6) is 0 Å². The van der Waals surface area contributed by atoms with E-state index >= 15 is 0 Å². The highest BCUT2D eigenvalue weighted by Crippen LogP contribution is 1.82. The molecule has 2 atom stereocenters. The fraction of sp³-hybridized carbons (Fsp3) is 0.750. The Balaban J connectivity index is 3.14. The third-order valence-electron chi connectivity index (χ3n) is 0.681. The van der Waals surface area contributed by atoms with E-state index in [1.54, 1.807) is 0 Å². The number of rotatable bonds is 2.